The summed E-state index contributed by atoms with van der Waals surface area (Å²) in [7, 11) is 0. The van der Waals surface area contributed by atoms with Crippen LogP contribution in [0.4, 0.5) is 0 Å². The summed E-state index contributed by atoms with van der Waals surface area (Å²) in [6, 6.07) is 3.99. The van der Waals surface area contributed by atoms with E-state index in [0.717, 1.165) is 31.2 Å². The van der Waals surface area contributed by atoms with Gasteiger partial charge in [0, 0.05) is 13.1 Å². The molecule has 2 aliphatic rings. The molecule has 0 spiro atoms. The summed E-state index contributed by atoms with van der Waals surface area (Å²) < 4.78 is 11.4. The van der Waals surface area contributed by atoms with Crippen molar-refractivity contribution in [1.82, 2.24) is 4.90 Å². The summed E-state index contributed by atoms with van der Waals surface area (Å²) in [5.41, 5.74) is 5.52. The van der Waals surface area contributed by atoms with Crippen LogP contribution >= 0.6 is 0 Å². The van der Waals surface area contributed by atoms with E-state index < -0.39 is 0 Å². The largest absolute Gasteiger partial charge is 0.463 e. The molecule has 2 saturated heterocycles. The van der Waals surface area contributed by atoms with Gasteiger partial charge in [-0.05, 0) is 25.0 Å². The van der Waals surface area contributed by atoms with Crippen molar-refractivity contribution >= 4 is 0 Å². The summed E-state index contributed by atoms with van der Waals surface area (Å²) in [5, 5.41) is 0. The molecule has 2 aliphatic heterocycles. The van der Waals surface area contributed by atoms with Crippen LogP contribution in [0.3, 0.4) is 0 Å². The standard InChI is InChI=1S/C12H18N2O2/c13-5-9-1-2-10(15-9)6-14-7-11-3-4-12(8-14)16-11/h1-2,11-12H,3-8,13H2. The number of likely N-dealkylation sites (tertiary alicyclic amines) is 1. The molecule has 4 heteroatoms. The number of hydrogen-bond donors (Lipinski definition) is 1. The van der Waals surface area contributed by atoms with Crippen molar-refractivity contribution in [1.29, 1.82) is 0 Å². The molecule has 0 saturated carbocycles. The van der Waals surface area contributed by atoms with Crippen LogP contribution in [0.15, 0.2) is 16.5 Å². The molecule has 1 aromatic rings. The lowest BCUT2D eigenvalue weighted by Crippen LogP contribution is -2.41. The van der Waals surface area contributed by atoms with E-state index in [-0.39, 0.29) is 0 Å². The molecule has 2 bridgehead atoms. The number of morpholine rings is 1. The van der Waals surface area contributed by atoms with Crippen LogP contribution in [0.1, 0.15) is 24.4 Å². The van der Waals surface area contributed by atoms with Crippen molar-refractivity contribution in [2.75, 3.05) is 13.1 Å². The van der Waals surface area contributed by atoms with Crippen molar-refractivity contribution in [2.24, 2.45) is 5.73 Å². The van der Waals surface area contributed by atoms with Crippen LogP contribution in [0.25, 0.3) is 0 Å². The van der Waals surface area contributed by atoms with Gasteiger partial charge in [-0.1, -0.05) is 0 Å². The second kappa shape index (κ2) is 4.20. The normalized spacial score (nSPS) is 29.8. The third kappa shape index (κ3) is 2.00. The van der Waals surface area contributed by atoms with Crippen molar-refractivity contribution in [3.63, 3.8) is 0 Å². The van der Waals surface area contributed by atoms with E-state index in [2.05, 4.69) is 4.90 Å². The molecule has 88 valence electrons. The summed E-state index contributed by atoms with van der Waals surface area (Å²) in [5.74, 6) is 1.88. The molecule has 3 heterocycles. The van der Waals surface area contributed by atoms with E-state index in [0.29, 0.717) is 18.8 Å². The third-order valence-corrected chi connectivity index (χ3v) is 3.42. The Morgan fingerprint density at radius 2 is 1.88 bits per heavy atom. The van der Waals surface area contributed by atoms with E-state index >= 15 is 0 Å². The fraction of sp³-hybridized carbons (Fsp3) is 0.667. The third-order valence-electron chi connectivity index (χ3n) is 3.42. The maximum absolute atomic E-state index is 5.80. The molecular weight excluding hydrogens is 204 g/mol. The van der Waals surface area contributed by atoms with E-state index in [9.17, 15) is 0 Å². The number of ether oxygens (including phenoxy) is 1. The first kappa shape index (κ1) is 10.3. The van der Waals surface area contributed by atoms with E-state index in [1.165, 1.54) is 12.8 Å². The Labute approximate surface area is 95.3 Å². The van der Waals surface area contributed by atoms with E-state index in [1.54, 1.807) is 0 Å². The predicted molar refractivity (Wildman–Crippen MR) is 59.8 cm³/mol. The number of hydrogen-bond acceptors (Lipinski definition) is 4. The molecule has 1 aromatic heterocycles. The molecule has 16 heavy (non-hydrogen) atoms. The molecule has 2 fully saturated rings. The Balaban J connectivity index is 1.62. The Kier molecular flexibility index (Phi) is 2.71. The lowest BCUT2D eigenvalue weighted by Gasteiger charge is -2.31. The highest BCUT2D eigenvalue weighted by Gasteiger charge is 2.33. The van der Waals surface area contributed by atoms with Crippen LogP contribution in [0.5, 0.6) is 0 Å². The van der Waals surface area contributed by atoms with Crippen LogP contribution in [-0.2, 0) is 17.8 Å². The Hall–Kier alpha value is -0.840. The highest BCUT2D eigenvalue weighted by atomic mass is 16.5. The summed E-state index contributed by atoms with van der Waals surface area (Å²) in [4.78, 5) is 2.42. The second-order valence-corrected chi connectivity index (χ2v) is 4.72. The van der Waals surface area contributed by atoms with E-state index in [1.807, 2.05) is 12.1 Å². The van der Waals surface area contributed by atoms with Gasteiger partial charge in [0.1, 0.15) is 11.5 Å². The first-order chi connectivity index (χ1) is 7.83. The van der Waals surface area contributed by atoms with Crippen molar-refractivity contribution in [3.05, 3.63) is 23.7 Å². The molecule has 0 aliphatic carbocycles. The lowest BCUT2D eigenvalue weighted by atomic mass is 10.2. The minimum absolute atomic E-state index is 0.447. The minimum Gasteiger partial charge on any atom is -0.463 e. The molecule has 0 radical (unpaired) electrons. The molecule has 2 atom stereocenters. The van der Waals surface area contributed by atoms with Crippen LogP contribution in [0.2, 0.25) is 0 Å². The molecule has 3 rings (SSSR count). The summed E-state index contributed by atoms with van der Waals surface area (Å²) in [6.45, 7) is 3.44. The maximum Gasteiger partial charge on any atom is 0.118 e. The van der Waals surface area contributed by atoms with Gasteiger partial charge in [-0.25, -0.2) is 0 Å². The van der Waals surface area contributed by atoms with Gasteiger partial charge in [0.25, 0.3) is 0 Å². The van der Waals surface area contributed by atoms with Gasteiger partial charge in [0.05, 0.1) is 25.3 Å². The van der Waals surface area contributed by atoms with Crippen molar-refractivity contribution in [3.8, 4) is 0 Å². The second-order valence-electron chi connectivity index (χ2n) is 4.72. The molecule has 4 nitrogen and oxygen atoms in total. The fourth-order valence-corrected chi connectivity index (χ4v) is 2.67. The zero-order valence-corrected chi connectivity index (χ0v) is 9.39. The summed E-state index contributed by atoms with van der Waals surface area (Å²) >= 11 is 0. The quantitative estimate of drug-likeness (QED) is 0.832. The van der Waals surface area contributed by atoms with Gasteiger partial charge in [-0.2, -0.15) is 0 Å². The van der Waals surface area contributed by atoms with Crippen LogP contribution in [-0.4, -0.2) is 30.2 Å². The summed E-state index contributed by atoms with van der Waals surface area (Å²) in [6.07, 6.45) is 3.33. The lowest BCUT2D eigenvalue weighted by molar-refractivity contribution is -0.0427. The molecule has 2 N–H and O–H groups in total. The fourth-order valence-electron chi connectivity index (χ4n) is 2.67. The maximum atomic E-state index is 5.80. The van der Waals surface area contributed by atoms with Gasteiger partial charge >= 0.3 is 0 Å². The molecule has 0 amide bonds. The molecule has 0 aromatic carbocycles. The topological polar surface area (TPSA) is 51.6 Å². The Bertz CT molecular complexity index is 352. The van der Waals surface area contributed by atoms with Gasteiger partial charge < -0.3 is 14.9 Å². The minimum atomic E-state index is 0.447. The monoisotopic (exact) mass is 222 g/mol. The van der Waals surface area contributed by atoms with Crippen molar-refractivity contribution in [2.45, 2.75) is 38.1 Å². The number of rotatable bonds is 3. The Morgan fingerprint density at radius 3 is 2.50 bits per heavy atom. The van der Waals surface area contributed by atoms with Crippen LogP contribution < -0.4 is 5.73 Å². The zero-order chi connectivity index (χ0) is 11.0. The first-order valence-corrected chi connectivity index (χ1v) is 5.99. The number of furan rings is 1. The smallest absolute Gasteiger partial charge is 0.118 e. The van der Waals surface area contributed by atoms with Gasteiger partial charge in [0.15, 0.2) is 0 Å². The average Bonchev–Trinajstić information content (AvgIpc) is 2.86. The van der Waals surface area contributed by atoms with Gasteiger partial charge in [0.2, 0.25) is 0 Å². The van der Waals surface area contributed by atoms with Crippen LogP contribution in [0, 0.1) is 0 Å². The van der Waals surface area contributed by atoms with Gasteiger partial charge in [-0.15, -0.1) is 0 Å². The molecule has 2 unspecified atom stereocenters. The zero-order valence-electron chi connectivity index (χ0n) is 9.39. The first-order valence-electron chi connectivity index (χ1n) is 5.99. The van der Waals surface area contributed by atoms with E-state index in [4.69, 9.17) is 14.9 Å². The highest BCUT2D eigenvalue weighted by molar-refractivity contribution is 5.07. The number of nitrogens with zero attached hydrogens (tertiary/aromatic N) is 1. The highest BCUT2D eigenvalue weighted by Crippen LogP contribution is 2.27. The Morgan fingerprint density at radius 1 is 1.19 bits per heavy atom. The predicted octanol–water partition coefficient (Wildman–Crippen LogP) is 1.10. The number of nitrogens with two attached hydrogens (primary N) is 1. The number of fused-ring (bicyclic) bond motifs is 2. The van der Waals surface area contributed by atoms with Gasteiger partial charge in [-0.3, -0.25) is 4.90 Å². The van der Waals surface area contributed by atoms with Crippen molar-refractivity contribution < 1.29 is 9.15 Å². The SMILES string of the molecule is NCc1ccc(CN2CC3CCC(C2)O3)o1. The average molecular weight is 222 g/mol. The molecular formula is C12H18N2O2.